The molecule has 10 atom stereocenters. The van der Waals surface area contributed by atoms with Gasteiger partial charge >= 0.3 is 0 Å². The Balaban J connectivity index is 0.809. The van der Waals surface area contributed by atoms with Crippen LogP contribution in [0.2, 0.25) is 0 Å². The zero-order chi connectivity index (χ0) is 55.6. The molecule has 0 aromatic heterocycles. The van der Waals surface area contributed by atoms with Gasteiger partial charge in [0.2, 0.25) is 0 Å². The van der Waals surface area contributed by atoms with Gasteiger partial charge in [-0.3, -0.25) is 0 Å². The van der Waals surface area contributed by atoms with Gasteiger partial charge in [0, 0.05) is 51.9 Å². The first kappa shape index (κ1) is 53.4. The maximum Gasteiger partial charge on any atom is 0.115 e. The predicted octanol–water partition coefficient (Wildman–Crippen LogP) is 19.4. The smallest absolute Gasteiger partial charge is 0.115 e. The molecular formula is C79H80N2O. The molecule has 3 heteroatoms. The lowest BCUT2D eigenvalue weighted by Crippen LogP contribution is -2.38. The van der Waals surface area contributed by atoms with Gasteiger partial charge in [0.05, 0.1) is 18.7 Å². The SMILES string of the molecule is C=Cc1ccc(C2=CC=C3C(C2)C2C=C(c4ccc(N(C5=CCC(C6=CC=CCC6)C=C5)C5=CC=C6c7ccccc7C(CC(C)CCC(C)COC7=CCC(C=C)C=C7)(c7ccccc7)C6C5)cc4)C=CC2N3C2C=CC=CC2)cc1. The summed E-state index contributed by atoms with van der Waals surface area (Å²) in [6.07, 6.45) is 62.0. The molecule has 4 aromatic rings. The van der Waals surface area contributed by atoms with Crippen LogP contribution in [0.3, 0.4) is 0 Å². The highest BCUT2D eigenvalue weighted by atomic mass is 16.5. The second-order valence-electron chi connectivity index (χ2n) is 24.7. The molecule has 0 N–H and O–H groups in total. The lowest BCUT2D eigenvalue weighted by Gasteiger charge is -2.43. The van der Waals surface area contributed by atoms with Crippen molar-refractivity contribution < 1.29 is 4.74 Å². The molecule has 1 fully saturated rings. The van der Waals surface area contributed by atoms with E-state index in [0.717, 1.165) is 82.1 Å². The summed E-state index contributed by atoms with van der Waals surface area (Å²) < 4.78 is 6.37. The maximum absolute atomic E-state index is 6.37. The topological polar surface area (TPSA) is 15.7 Å². The second-order valence-corrected chi connectivity index (χ2v) is 24.7. The zero-order valence-electron chi connectivity index (χ0n) is 48.2. The number of rotatable bonds is 18. The minimum absolute atomic E-state index is 0.197. The maximum atomic E-state index is 6.37. The van der Waals surface area contributed by atoms with Crippen LogP contribution in [0.4, 0.5) is 5.69 Å². The Labute approximate surface area is 489 Å². The molecule has 10 unspecified atom stereocenters. The van der Waals surface area contributed by atoms with E-state index >= 15 is 0 Å². The summed E-state index contributed by atoms with van der Waals surface area (Å²) in [6, 6.07) is 40.2. The fraction of sp³-hybridized carbons (Fsp3) is 0.291. The molecule has 0 amide bonds. The van der Waals surface area contributed by atoms with E-state index in [2.05, 4.69) is 261 Å². The third kappa shape index (κ3) is 10.4. The third-order valence-electron chi connectivity index (χ3n) is 19.6. The van der Waals surface area contributed by atoms with Crippen LogP contribution in [-0.2, 0) is 10.2 Å². The first-order chi connectivity index (χ1) is 40.3. The number of hydrogen-bond acceptors (Lipinski definition) is 3. The fourth-order valence-corrected chi connectivity index (χ4v) is 15.3. The lowest BCUT2D eigenvalue weighted by atomic mass is 9.62. The molecule has 412 valence electrons. The van der Waals surface area contributed by atoms with E-state index in [1.54, 1.807) is 5.57 Å². The standard InChI is InChI=1S/C79H80N2O/c1-5-57-28-32-61(33-29-57)63-38-48-77-73(50-63)74-51-64(39-49-78(74)81(77)66-22-14-9-15-23-66)62-36-42-68(43-37-62)80(67-40-34-60(35-41-67)59-18-10-7-11-19-59)69-44-47-72-71-24-16-17-25-75(71)79(76(72)52-69,65-20-12-8-13-21-65)53-55(3)26-27-56(4)54-82-70-45-30-58(6-2)31-46-70/h5-10,12-18,20-22,24-25,28-30,32-34,36-49,51,55-56,58,60,66,73-74,76,78H,1-2,11,19,23,26-27,31,35,50,52-54H2,3-4H3. The van der Waals surface area contributed by atoms with Crippen LogP contribution in [0.15, 0.2) is 272 Å². The summed E-state index contributed by atoms with van der Waals surface area (Å²) >= 11 is 0. The van der Waals surface area contributed by atoms with Crippen molar-refractivity contribution in [1.82, 2.24) is 4.90 Å². The van der Waals surface area contributed by atoms with Crippen LogP contribution >= 0.6 is 0 Å². The van der Waals surface area contributed by atoms with Gasteiger partial charge in [0.15, 0.2) is 0 Å². The minimum atomic E-state index is -0.197. The molecule has 8 aliphatic carbocycles. The Morgan fingerprint density at radius 2 is 1.55 bits per heavy atom. The predicted molar refractivity (Wildman–Crippen MR) is 346 cm³/mol. The van der Waals surface area contributed by atoms with Gasteiger partial charge in [-0.15, -0.1) is 6.58 Å². The molecule has 3 nitrogen and oxygen atoms in total. The molecule has 0 saturated carbocycles. The van der Waals surface area contributed by atoms with Gasteiger partial charge in [-0.1, -0.05) is 227 Å². The average molecular weight is 1070 g/mol. The highest BCUT2D eigenvalue weighted by Gasteiger charge is 2.52. The van der Waals surface area contributed by atoms with Gasteiger partial charge < -0.3 is 14.5 Å². The van der Waals surface area contributed by atoms with Crippen LogP contribution < -0.4 is 4.90 Å². The van der Waals surface area contributed by atoms with E-state index in [-0.39, 0.29) is 11.3 Å². The summed E-state index contributed by atoms with van der Waals surface area (Å²) in [5.74, 6) is 3.79. The number of benzene rings is 4. The summed E-state index contributed by atoms with van der Waals surface area (Å²) in [5, 5.41) is 0. The molecule has 0 bridgehead atoms. The number of hydrogen-bond donors (Lipinski definition) is 0. The van der Waals surface area contributed by atoms with E-state index < -0.39 is 0 Å². The highest BCUT2D eigenvalue weighted by molar-refractivity contribution is 5.84. The number of likely N-dealkylation sites (tertiary alicyclic amines) is 1. The quantitative estimate of drug-likeness (QED) is 0.0924. The average Bonchev–Trinajstić information content (AvgIpc) is 4.25. The number of nitrogens with zero attached hydrogens (tertiary/aromatic N) is 2. The van der Waals surface area contributed by atoms with Crippen LogP contribution in [0.5, 0.6) is 0 Å². The van der Waals surface area contributed by atoms with Crippen LogP contribution in [-0.4, -0.2) is 23.6 Å². The van der Waals surface area contributed by atoms with Crippen molar-refractivity contribution in [2.75, 3.05) is 11.5 Å². The summed E-state index contributed by atoms with van der Waals surface area (Å²) in [6.45, 7) is 13.6. The largest absolute Gasteiger partial charge is 0.494 e. The Morgan fingerprint density at radius 1 is 0.720 bits per heavy atom. The molecule has 13 rings (SSSR count). The Kier molecular flexibility index (Phi) is 15.3. The van der Waals surface area contributed by atoms with Crippen molar-refractivity contribution in [1.29, 1.82) is 0 Å². The molecule has 1 heterocycles. The number of fused-ring (bicyclic) bond motifs is 6. The number of ether oxygens (including phenoxy) is 1. The molecule has 4 aromatic carbocycles. The molecule has 1 saturated heterocycles. The van der Waals surface area contributed by atoms with E-state index in [9.17, 15) is 0 Å². The van der Waals surface area contributed by atoms with Crippen LogP contribution in [0, 0.1) is 41.4 Å². The van der Waals surface area contributed by atoms with Crippen molar-refractivity contribution in [2.45, 2.75) is 95.6 Å². The Hall–Kier alpha value is -7.88. The van der Waals surface area contributed by atoms with Gasteiger partial charge in [0.25, 0.3) is 0 Å². The highest BCUT2D eigenvalue weighted by Crippen LogP contribution is 2.61. The normalized spacial score (nSPS) is 27.2. The first-order valence-corrected chi connectivity index (χ1v) is 30.8. The summed E-state index contributed by atoms with van der Waals surface area (Å²) in [5.41, 5.74) is 18.9. The van der Waals surface area contributed by atoms with Gasteiger partial charge in [0.1, 0.15) is 5.76 Å². The number of allylic oxidation sites excluding steroid dienone is 23. The number of anilines is 1. The summed E-state index contributed by atoms with van der Waals surface area (Å²) in [4.78, 5) is 5.36. The monoisotopic (exact) mass is 1070 g/mol. The second kappa shape index (κ2) is 23.5. The van der Waals surface area contributed by atoms with Crippen molar-refractivity contribution in [3.05, 3.63) is 306 Å². The van der Waals surface area contributed by atoms with Crippen molar-refractivity contribution in [3.8, 4) is 0 Å². The molecule has 82 heavy (non-hydrogen) atoms. The summed E-state index contributed by atoms with van der Waals surface area (Å²) in [7, 11) is 0. The van der Waals surface area contributed by atoms with Gasteiger partial charge in [-0.2, -0.15) is 0 Å². The van der Waals surface area contributed by atoms with Gasteiger partial charge in [-0.05, 0) is 168 Å². The lowest BCUT2D eigenvalue weighted by molar-refractivity contribution is 0.169. The Bertz CT molecular complexity index is 3540. The van der Waals surface area contributed by atoms with E-state index in [1.165, 1.54) is 67.3 Å². The third-order valence-corrected chi connectivity index (χ3v) is 19.6. The molecule has 0 spiro atoms. The first-order valence-electron chi connectivity index (χ1n) is 30.8. The molecule has 9 aliphatic rings. The van der Waals surface area contributed by atoms with Gasteiger partial charge in [-0.25, -0.2) is 0 Å². The molecule has 0 radical (unpaired) electrons. The van der Waals surface area contributed by atoms with Crippen LogP contribution in [0.25, 0.3) is 22.8 Å². The van der Waals surface area contributed by atoms with Crippen molar-refractivity contribution in [3.63, 3.8) is 0 Å². The van der Waals surface area contributed by atoms with Crippen molar-refractivity contribution >= 4 is 28.5 Å². The minimum Gasteiger partial charge on any atom is -0.494 e. The van der Waals surface area contributed by atoms with E-state index in [0.29, 0.717) is 47.6 Å². The van der Waals surface area contributed by atoms with Crippen LogP contribution in [0.1, 0.15) is 111 Å². The Morgan fingerprint density at radius 3 is 2.30 bits per heavy atom. The molecule has 1 aliphatic heterocycles. The van der Waals surface area contributed by atoms with Crippen molar-refractivity contribution in [2.24, 2.45) is 41.4 Å². The fourth-order valence-electron chi connectivity index (χ4n) is 15.3. The molecular weight excluding hydrogens is 993 g/mol. The zero-order valence-corrected chi connectivity index (χ0v) is 48.2. The van der Waals surface area contributed by atoms with E-state index in [1.807, 2.05) is 12.2 Å². The van der Waals surface area contributed by atoms with E-state index in [4.69, 9.17) is 4.74 Å².